The summed E-state index contributed by atoms with van der Waals surface area (Å²) in [6.45, 7) is 4.26. The Morgan fingerprint density at radius 2 is 1.21 bits per heavy atom. The summed E-state index contributed by atoms with van der Waals surface area (Å²) in [5, 5.41) is 9.48. The lowest BCUT2D eigenvalue weighted by atomic mass is 10.1. The second kappa shape index (κ2) is 38.0. The van der Waals surface area contributed by atoms with E-state index in [9.17, 15) is 19.4 Å². The maximum atomic E-state index is 12.4. The number of nitrogens with zero attached hydrogens (tertiary/aromatic N) is 1. The van der Waals surface area contributed by atoms with E-state index < -0.39 is 13.9 Å². The van der Waals surface area contributed by atoms with Gasteiger partial charge in [-0.25, -0.2) is 0 Å². The smallest absolute Gasteiger partial charge is 0.305 e. The Kier molecular flexibility index (Phi) is 36.3. The van der Waals surface area contributed by atoms with Crippen molar-refractivity contribution in [3.63, 3.8) is 0 Å². The van der Waals surface area contributed by atoms with Crippen molar-refractivity contribution in [2.45, 2.75) is 154 Å². The molecule has 0 saturated carbocycles. The van der Waals surface area contributed by atoms with Crippen molar-refractivity contribution < 1.29 is 42.4 Å². The van der Waals surface area contributed by atoms with E-state index in [1.807, 2.05) is 46.3 Å². The van der Waals surface area contributed by atoms with Crippen LogP contribution in [0.2, 0.25) is 0 Å². The van der Waals surface area contributed by atoms with Gasteiger partial charge in [-0.1, -0.05) is 132 Å². The highest BCUT2D eigenvalue weighted by Crippen LogP contribution is 2.38. The summed E-state index contributed by atoms with van der Waals surface area (Å²) in [4.78, 5) is 24.8. The number of ether oxygens (including phenoxy) is 2. The van der Waals surface area contributed by atoms with Crippen molar-refractivity contribution in [2.24, 2.45) is 0 Å². The van der Waals surface area contributed by atoms with Crippen molar-refractivity contribution in [2.75, 3.05) is 47.5 Å². The number of quaternary nitrogens is 1. The molecule has 0 spiro atoms. The predicted octanol–water partition coefficient (Wildman–Crippen LogP) is 11.2. The number of rotatable bonds is 38. The molecule has 9 nitrogen and oxygen atoms in total. The minimum Gasteiger partial charge on any atom is -0.756 e. The van der Waals surface area contributed by atoms with Crippen molar-refractivity contribution in [1.29, 1.82) is 0 Å². The van der Waals surface area contributed by atoms with Crippen LogP contribution in [0.25, 0.3) is 0 Å². The van der Waals surface area contributed by atoms with Crippen LogP contribution in [0.5, 0.6) is 0 Å². The van der Waals surface area contributed by atoms with Gasteiger partial charge in [-0.2, -0.15) is 0 Å². The lowest BCUT2D eigenvalue weighted by molar-refractivity contribution is -0.870. The third kappa shape index (κ3) is 41.1. The van der Waals surface area contributed by atoms with Crippen LogP contribution >= 0.6 is 7.82 Å². The Bertz CT molecular complexity index is 1180. The number of aliphatic hydroxyl groups is 1. The molecule has 0 aromatic rings. The molecule has 3 atom stereocenters. The van der Waals surface area contributed by atoms with Crippen LogP contribution in [0, 0.1) is 0 Å². The Morgan fingerprint density at radius 1 is 0.679 bits per heavy atom. The Balaban J connectivity index is 4.45. The number of hydrogen-bond acceptors (Lipinski definition) is 8. The van der Waals surface area contributed by atoms with E-state index in [2.05, 4.69) is 61.6 Å². The molecule has 0 radical (unpaired) electrons. The number of phosphoric acid groups is 1. The van der Waals surface area contributed by atoms with E-state index in [0.717, 1.165) is 57.8 Å². The number of carbonyl (C=O) groups excluding carboxylic acids is 1. The standard InChI is InChI=1S/C46H80NO8P/c1-6-8-9-10-11-12-13-14-15-18-21-24-27-30-33-36-40-52-45(43-55-56(50,51)54-41-39-47(3,4)5)42-53-46(49)38-35-32-29-26-23-20-17-16-19-22-25-28-31-34-37-44(48)7-2/h14-15,17,19-20,22,26,28-29,31,34,36-37,40,44-45,48H,6-13,16,18,21,23-25,27,30,32-33,35,38-39,41-43H2,1-5H3/b15-14-,20-17-,22-19-,29-26-,31-28-,37-34+,40-36+/t44-,45+/m0/s1. The average molecular weight is 806 g/mol. The zero-order valence-electron chi connectivity index (χ0n) is 35.9. The highest BCUT2D eigenvalue weighted by Gasteiger charge is 2.19. The molecule has 0 aromatic carbocycles. The van der Waals surface area contributed by atoms with Gasteiger partial charge >= 0.3 is 5.97 Å². The van der Waals surface area contributed by atoms with Crippen molar-refractivity contribution >= 4 is 13.8 Å². The molecule has 0 aromatic heterocycles. The summed E-state index contributed by atoms with van der Waals surface area (Å²) in [5.41, 5.74) is 0. The lowest BCUT2D eigenvalue weighted by Gasteiger charge is -2.28. The summed E-state index contributed by atoms with van der Waals surface area (Å²) in [5.74, 6) is -0.367. The molecule has 10 heteroatoms. The molecule has 1 unspecified atom stereocenters. The van der Waals surface area contributed by atoms with Crippen LogP contribution in [0.3, 0.4) is 0 Å². The van der Waals surface area contributed by atoms with Crippen LogP contribution in [-0.4, -0.2) is 75.3 Å². The highest BCUT2D eigenvalue weighted by molar-refractivity contribution is 7.45. The number of esters is 1. The minimum atomic E-state index is -4.54. The van der Waals surface area contributed by atoms with E-state index in [-0.39, 0.29) is 38.3 Å². The summed E-state index contributed by atoms with van der Waals surface area (Å²) < 4.78 is 34.2. The topological polar surface area (TPSA) is 114 Å². The Morgan fingerprint density at radius 3 is 1.82 bits per heavy atom. The molecule has 56 heavy (non-hydrogen) atoms. The van der Waals surface area contributed by atoms with Gasteiger partial charge in [0.15, 0.2) is 6.10 Å². The number of allylic oxidation sites excluding steroid dienone is 12. The molecule has 0 heterocycles. The molecule has 0 aliphatic rings. The molecule has 0 bridgehead atoms. The molecule has 0 aliphatic heterocycles. The number of unbranched alkanes of at least 4 members (excludes halogenated alkanes) is 12. The fourth-order valence-electron chi connectivity index (χ4n) is 5.10. The summed E-state index contributed by atoms with van der Waals surface area (Å²) in [7, 11) is 1.29. The Labute approximate surface area is 342 Å². The maximum Gasteiger partial charge on any atom is 0.305 e. The van der Waals surface area contributed by atoms with E-state index >= 15 is 0 Å². The zero-order chi connectivity index (χ0) is 41.4. The molecule has 0 aliphatic carbocycles. The van der Waals surface area contributed by atoms with Crippen LogP contribution < -0.4 is 4.89 Å². The quantitative estimate of drug-likeness (QED) is 0.0125. The number of carbonyl (C=O) groups is 1. The number of hydrogen-bond donors (Lipinski definition) is 1. The van der Waals surface area contributed by atoms with Gasteiger partial charge in [0.2, 0.25) is 0 Å². The minimum absolute atomic E-state index is 0.00591. The first-order chi connectivity index (χ1) is 27.0. The van der Waals surface area contributed by atoms with Crippen molar-refractivity contribution in [3.8, 4) is 0 Å². The first-order valence-electron chi connectivity index (χ1n) is 21.5. The molecule has 0 rings (SSSR count). The van der Waals surface area contributed by atoms with Gasteiger partial charge in [0.25, 0.3) is 7.82 Å². The number of likely N-dealkylation sites (N-methyl/N-ethyl adjacent to an activating group) is 1. The van der Waals surface area contributed by atoms with E-state index in [1.165, 1.54) is 57.8 Å². The first-order valence-corrected chi connectivity index (χ1v) is 22.9. The van der Waals surface area contributed by atoms with Crippen LogP contribution in [0.15, 0.2) is 85.3 Å². The third-order valence-corrected chi connectivity index (χ3v) is 9.64. The summed E-state index contributed by atoms with van der Waals surface area (Å²) in [6, 6.07) is 0. The van der Waals surface area contributed by atoms with Crippen LogP contribution in [0.4, 0.5) is 0 Å². The van der Waals surface area contributed by atoms with Gasteiger partial charge in [0.1, 0.15) is 19.8 Å². The number of aliphatic hydroxyl groups excluding tert-OH is 1. The first kappa shape index (κ1) is 53.5. The molecule has 1 N–H and O–H groups in total. The van der Waals surface area contributed by atoms with E-state index in [4.69, 9.17) is 18.5 Å². The fraction of sp³-hybridized carbons (Fsp3) is 0.674. The fourth-order valence-corrected chi connectivity index (χ4v) is 5.83. The zero-order valence-corrected chi connectivity index (χ0v) is 36.8. The molecule has 322 valence electrons. The molecule has 0 saturated heterocycles. The van der Waals surface area contributed by atoms with Crippen molar-refractivity contribution in [1.82, 2.24) is 0 Å². The SMILES string of the molecule is CCCCCCCC/C=C\CCCCCC/C=C/O[C@H](COC(=O)CCC/C=C\C/C=C\C/C=C\C/C=C\C=C\[C@@H](O)CC)COP(=O)([O-])OCC[N+](C)(C)C. The average Bonchev–Trinajstić information content (AvgIpc) is 3.15. The van der Waals surface area contributed by atoms with Gasteiger partial charge < -0.3 is 33.0 Å². The van der Waals surface area contributed by atoms with Crippen LogP contribution in [0.1, 0.15) is 142 Å². The Hall–Kier alpha value is -2.52. The summed E-state index contributed by atoms with van der Waals surface area (Å²) >= 11 is 0. The molecular formula is C46H80NO8P. The van der Waals surface area contributed by atoms with Gasteiger partial charge in [-0.05, 0) is 83.1 Å². The normalized spacial score (nSPS) is 15.1. The van der Waals surface area contributed by atoms with Gasteiger partial charge in [0, 0.05) is 6.42 Å². The van der Waals surface area contributed by atoms with Gasteiger partial charge in [-0.3, -0.25) is 9.36 Å². The largest absolute Gasteiger partial charge is 0.756 e. The molecule has 0 amide bonds. The molecular weight excluding hydrogens is 725 g/mol. The van der Waals surface area contributed by atoms with E-state index in [0.29, 0.717) is 17.4 Å². The van der Waals surface area contributed by atoms with Crippen molar-refractivity contribution in [3.05, 3.63) is 85.3 Å². The molecule has 0 fully saturated rings. The maximum absolute atomic E-state index is 12.4. The van der Waals surface area contributed by atoms with Gasteiger partial charge in [0.05, 0.1) is 40.1 Å². The highest BCUT2D eigenvalue weighted by atomic mass is 31.2. The number of phosphoric ester groups is 1. The van der Waals surface area contributed by atoms with E-state index in [1.54, 1.807) is 12.3 Å². The third-order valence-electron chi connectivity index (χ3n) is 8.68. The monoisotopic (exact) mass is 806 g/mol. The second-order valence-electron chi connectivity index (χ2n) is 15.2. The lowest BCUT2D eigenvalue weighted by Crippen LogP contribution is -2.37. The second-order valence-corrected chi connectivity index (χ2v) is 16.6. The van der Waals surface area contributed by atoms with Crippen LogP contribution in [-0.2, 0) is 27.9 Å². The summed E-state index contributed by atoms with van der Waals surface area (Å²) in [6.07, 6.45) is 48.0. The van der Waals surface area contributed by atoms with Gasteiger partial charge in [-0.15, -0.1) is 0 Å². The predicted molar refractivity (Wildman–Crippen MR) is 232 cm³/mol.